The van der Waals surface area contributed by atoms with E-state index in [2.05, 4.69) is 29.6 Å². The van der Waals surface area contributed by atoms with Crippen molar-refractivity contribution >= 4 is 5.91 Å². The van der Waals surface area contributed by atoms with Crippen molar-refractivity contribution in [2.75, 3.05) is 13.1 Å². The smallest absolute Gasteiger partial charge is 0.224 e. The molecule has 1 aromatic heterocycles. The standard InChI is InChI=1S/C15H25N3O2/c1-3-11(4-2)14-8-13(20-18-14)10-17-15(19)12-6-5-7-16-9-12/h8,11-12,16H,3-7,9-10H2,1-2H3,(H,17,19). The van der Waals surface area contributed by atoms with E-state index in [-0.39, 0.29) is 11.8 Å². The predicted octanol–water partition coefficient (Wildman–Crippen LogP) is 2.19. The molecule has 2 rings (SSSR count). The van der Waals surface area contributed by atoms with Gasteiger partial charge in [0.15, 0.2) is 5.76 Å². The summed E-state index contributed by atoms with van der Waals surface area (Å²) in [7, 11) is 0. The third-order valence-electron chi connectivity index (χ3n) is 4.09. The molecule has 0 saturated carbocycles. The molecule has 0 bridgehead atoms. The van der Waals surface area contributed by atoms with Gasteiger partial charge < -0.3 is 15.2 Å². The van der Waals surface area contributed by atoms with Crippen molar-refractivity contribution in [3.8, 4) is 0 Å². The summed E-state index contributed by atoms with van der Waals surface area (Å²) < 4.78 is 5.31. The highest BCUT2D eigenvalue weighted by Crippen LogP contribution is 2.22. The number of hydrogen-bond acceptors (Lipinski definition) is 4. The molecule has 1 amide bonds. The maximum atomic E-state index is 12.0. The van der Waals surface area contributed by atoms with Crippen LogP contribution in [0.5, 0.6) is 0 Å². The zero-order valence-corrected chi connectivity index (χ0v) is 12.4. The van der Waals surface area contributed by atoms with E-state index in [9.17, 15) is 4.79 Å². The molecule has 1 aliphatic heterocycles. The van der Waals surface area contributed by atoms with Crippen LogP contribution in [0, 0.1) is 5.92 Å². The van der Waals surface area contributed by atoms with Crippen LogP contribution >= 0.6 is 0 Å². The number of piperidine rings is 1. The summed E-state index contributed by atoms with van der Waals surface area (Å²) in [6, 6.07) is 1.97. The van der Waals surface area contributed by atoms with Gasteiger partial charge in [0.05, 0.1) is 18.2 Å². The normalized spacial score (nSPS) is 19.2. The molecule has 0 aliphatic carbocycles. The molecule has 5 nitrogen and oxygen atoms in total. The highest BCUT2D eigenvalue weighted by molar-refractivity contribution is 5.78. The molecule has 1 saturated heterocycles. The number of carbonyl (C=O) groups is 1. The lowest BCUT2D eigenvalue weighted by Crippen LogP contribution is -2.40. The maximum absolute atomic E-state index is 12.0. The van der Waals surface area contributed by atoms with Crippen molar-refractivity contribution in [1.29, 1.82) is 0 Å². The van der Waals surface area contributed by atoms with E-state index in [1.165, 1.54) is 0 Å². The number of rotatable bonds is 6. The van der Waals surface area contributed by atoms with Crippen molar-refractivity contribution in [2.24, 2.45) is 5.92 Å². The van der Waals surface area contributed by atoms with Crippen LogP contribution in [0.25, 0.3) is 0 Å². The lowest BCUT2D eigenvalue weighted by Gasteiger charge is -2.21. The molecule has 1 atom stereocenters. The molecule has 1 fully saturated rings. The molecule has 0 spiro atoms. The van der Waals surface area contributed by atoms with Gasteiger partial charge in [0.2, 0.25) is 5.91 Å². The first-order valence-corrected chi connectivity index (χ1v) is 7.68. The Bertz CT molecular complexity index is 421. The van der Waals surface area contributed by atoms with Gasteiger partial charge in [-0.1, -0.05) is 19.0 Å². The average Bonchev–Trinajstić information content (AvgIpc) is 2.96. The fourth-order valence-corrected chi connectivity index (χ4v) is 2.71. The number of carbonyl (C=O) groups excluding carboxylic acids is 1. The lowest BCUT2D eigenvalue weighted by atomic mass is 9.98. The fourth-order valence-electron chi connectivity index (χ4n) is 2.71. The van der Waals surface area contributed by atoms with Crippen LogP contribution in [-0.2, 0) is 11.3 Å². The quantitative estimate of drug-likeness (QED) is 0.837. The van der Waals surface area contributed by atoms with Gasteiger partial charge in [-0.3, -0.25) is 4.79 Å². The van der Waals surface area contributed by atoms with Gasteiger partial charge in [-0.15, -0.1) is 0 Å². The van der Waals surface area contributed by atoms with Gasteiger partial charge in [-0.25, -0.2) is 0 Å². The maximum Gasteiger partial charge on any atom is 0.224 e. The van der Waals surface area contributed by atoms with Crippen molar-refractivity contribution < 1.29 is 9.32 Å². The van der Waals surface area contributed by atoms with Crippen LogP contribution in [0.3, 0.4) is 0 Å². The van der Waals surface area contributed by atoms with Gasteiger partial charge in [0.25, 0.3) is 0 Å². The van der Waals surface area contributed by atoms with Crippen LogP contribution in [0.2, 0.25) is 0 Å². The zero-order valence-electron chi connectivity index (χ0n) is 12.4. The minimum atomic E-state index is 0.0881. The zero-order chi connectivity index (χ0) is 14.4. The Balaban J connectivity index is 1.83. The van der Waals surface area contributed by atoms with Crippen molar-refractivity contribution in [1.82, 2.24) is 15.8 Å². The molecule has 20 heavy (non-hydrogen) atoms. The molecule has 1 aliphatic rings. The molecule has 1 unspecified atom stereocenters. The minimum Gasteiger partial charge on any atom is -0.359 e. The largest absolute Gasteiger partial charge is 0.359 e. The third-order valence-corrected chi connectivity index (χ3v) is 4.09. The van der Waals surface area contributed by atoms with E-state index in [1.807, 2.05) is 6.07 Å². The third kappa shape index (κ3) is 3.82. The van der Waals surface area contributed by atoms with Crippen LogP contribution in [0.4, 0.5) is 0 Å². The van der Waals surface area contributed by atoms with E-state index in [1.54, 1.807) is 0 Å². The topological polar surface area (TPSA) is 67.2 Å². The summed E-state index contributed by atoms with van der Waals surface area (Å²) in [5.74, 6) is 1.39. The number of nitrogens with zero attached hydrogens (tertiary/aromatic N) is 1. The van der Waals surface area contributed by atoms with Crippen LogP contribution in [0.15, 0.2) is 10.6 Å². The van der Waals surface area contributed by atoms with Crippen LogP contribution in [-0.4, -0.2) is 24.2 Å². The second kappa shape index (κ2) is 7.43. The van der Waals surface area contributed by atoms with Gasteiger partial charge in [0, 0.05) is 18.5 Å². The van der Waals surface area contributed by atoms with Crippen LogP contribution in [0.1, 0.15) is 56.9 Å². The lowest BCUT2D eigenvalue weighted by molar-refractivity contribution is -0.125. The molecular weight excluding hydrogens is 254 g/mol. The Hall–Kier alpha value is -1.36. The van der Waals surface area contributed by atoms with Crippen molar-refractivity contribution in [3.05, 3.63) is 17.5 Å². The number of hydrogen-bond donors (Lipinski definition) is 2. The Kier molecular flexibility index (Phi) is 5.59. The number of nitrogens with one attached hydrogen (secondary N) is 2. The first-order valence-electron chi connectivity index (χ1n) is 7.68. The van der Waals surface area contributed by atoms with Gasteiger partial charge in [0.1, 0.15) is 0 Å². The SMILES string of the molecule is CCC(CC)c1cc(CNC(=O)C2CCCNC2)on1. The van der Waals surface area contributed by atoms with E-state index < -0.39 is 0 Å². The van der Waals surface area contributed by atoms with Crippen molar-refractivity contribution in [3.63, 3.8) is 0 Å². The number of amides is 1. The predicted molar refractivity (Wildman–Crippen MR) is 77.3 cm³/mol. The molecule has 2 heterocycles. The average molecular weight is 279 g/mol. The van der Waals surface area contributed by atoms with E-state index >= 15 is 0 Å². The summed E-state index contributed by atoms with van der Waals surface area (Å²) in [5, 5.41) is 10.3. The summed E-state index contributed by atoms with van der Waals surface area (Å²) in [4.78, 5) is 12.0. The molecule has 2 N–H and O–H groups in total. The molecule has 1 aromatic rings. The van der Waals surface area contributed by atoms with E-state index in [0.29, 0.717) is 12.5 Å². The van der Waals surface area contributed by atoms with Gasteiger partial charge >= 0.3 is 0 Å². The van der Waals surface area contributed by atoms with Crippen molar-refractivity contribution in [2.45, 2.75) is 52.0 Å². The first-order chi connectivity index (χ1) is 9.74. The van der Waals surface area contributed by atoms with Gasteiger partial charge in [-0.05, 0) is 32.2 Å². The summed E-state index contributed by atoms with van der Waals surface area (Å²) in [5.41, 5.74) is 0.999. The van der Waals surface area contributed by atoms with E-state index in [4.69, 9.17) is 4.52 Å². The first kappa shape index (κ1) is 15.0. The van der Waals surface area contributed by atoms with Gasteiger partial charge in [-0.2, -0.15) is 0 Å². The molecule has 5 heteroatoms. The Labute approximate surface area is 120 Å². The Morgan fingerprint density at radius 1 is 1.55 bits per heavy atom. The molecule has 112 valence electrons. The highest BCUT2D eigenvalue weighted by Gasteiger charge is 2.21. The second-order valence-electron chi connectivity index (χ2n) is 5.49. The molecule has 0 radical (unpaired) electrons. The second-order valence-corrected chi connectivity index (χ2v) is 5.49. The minimum absolute atomic E-state index is 0.0881. The fraction of sp³-hybridized carbons (Fsp3) is 0.733. The molecule has 0 aromatic carbocycles. The molecular formula is C15H25N3O2. The number of aromatic nitrogens is 1. The Morgan fingerprint density at radius 2 is 2.35 bits per heavy atom. The van der Waals surface area contributed by atoms with E-state index in [0.717, 1.165) is 50.2 Å². The summed E-state index contributed by atoms with van der Waals surface area (Å²) >= 11 is 0. The summed E-state index contributed by atoms with van der Waals surface area (Å²) in [6.45, 7) is 6.54. The summed E-state index contributed by atoms with van der Waals surface area (Å²) in [6.07, 6.45) is 4.15. The Morgan fingerprint density at radius 3 is 3.00 bits per heavy atom. The monoisotopic (exact) mass is 279 g/mol. The van der Waals surface area contributed by atoms with Crippen LogP contribution < -0.4 is 10.6 Å². The highest BCUT2D eigenvalue weighted by atomic mass is 16.5.